The maximum atomic E-state index is 12.3. The van der Waals surface area contributed by atoms with Gasteiger partial charge in [-0.15, -0.1) is 0 Å². The summed E-state index contributed by atoms with van der Waals surface area (Å²) in [5.74, 6) is -0.227. The first-order chi connectivity index (χ1) is 12.1. The molecule has 0 spiro atoms. The molecule has 0 saturated heterocycles. The van der Waals surface area contributed by atoms with E-state index in [1.807, 2.05) is 32.0 Å². The first-order valence-electron chi connectivity index (χ1n) is 7.94. The number of hydrogen-bond donors (Lipinski definition) is 2. The molecule has 0 fully saturated rings. The second-order valence-electron chi connectivity index (χ2n) is 6.15. The van der Waals surface area contributed by atoms with Gasteiger partial charge in [0.05, 0.1) is 17.1 Å². The molecule has 0 heterocycles. The largest absolute Gasteiger partial charge is 0.376 e. The van der Waals surface area contributed by atoms with Gasteiger partial charge in [0.1, 0.15) is 0 Å². The number of amides is 1. The number of benzene rings is 2. The molecule has 0 unspecified atom stereocenters. The summed E-state index contributed by atoms with van der Waals surface area (Å²) in [5, 5.41) is 5.82. The van der Waals surface area contributed by atoms with Gasteiger partial charge in [-0.05, 0) is 65.2 Å². The van der Waals surface area contributed by atoms with Crippen molar-refractivity contribution in [2.75, 3.05) is 31.3 Å². The average molecular weight is 440 g/mol. The number of hydrogen-bond acceptors (Lipinski definition) is 4. The van der Waals surface area contributed by atoms with E-state index in [-0.39, 0.29) is 17.3 Å². The van der Waals surface area contributed by atoms with Gasteiger partial charge in [-0.1, -0.05) is 12.1 Å². The molecule has 140 valence electrons. The standard InChI is InChI=1S/C18H22BrN3O3S/c1-12-5-8-16(15(19)9-12)21-18(23)11-20-17-10-14(7-6-13(17)2)26(24,25)22(3)4/h5-10,20H,11H2,1-4H3,(H,21,23). The lowest BCUT2D eigenvalue weighted by molar-refractivity contribution is -0.114. The van der Waals surface area contributed by atoms with Crippen LogP contribution in [0.4, 0.5) is 11.4 Å². The van der Waals surface area contributed by atoms with Crippen LogP contribution in [0.3, 0.4) is 0 Å². The third-order valence-corrected chi connectivity index (χ3v) is 6.29. The first kappa shape index (κ1) is 20.4. The zero-order valence-electron chi connectivity index (χ0n) is 15.1. The smallest absolute Gasteiger partial charge is 0.243 e. The fourth-order valence-electron chi connectivity index (χ4n) is 2.25. The molecule has 1 amide bonds. The summed E-state index contributed by atoms with van der Waals surface area (Å²) in [6.45, 7) is 3.84. The van der Waals surface area contributed by atoms with Gasteiger partial charge in [0.25, 0.3) is 0 Å². The number of rotatable bonds is 6. The molecule has 2 N–H and O–H groups in total. The summed E-state index contributed by atoms with van der Waals surface area (Å²) >= 11 is 3.42. The predicted molar refractivity (Wildman–Crippen MR) is 108 cm³/mol. The Morgan fingerprint density at radius 2 is 1.77 bits per heavy atom. The third-order valence-electron chi connectivity index (χ3n) is 3.83. The topological polar surface area (TPSA) is 78.5 Å². The molecule has 0 saturated carbocycles. The molecule has 8 heteroatoms. The van der Waals surface area contributed by atoms with E-state index >= 15 is 0 Å². The minimum Gasteiger partial charge on any atom is -0.376 e. The van der Waals surface area contributed by atoms with Crippen LogP contribution in [0.2, 0.25) is 0 Å². The molecule has 0 radical (unpaired) electrons. The second-order valence-corrected chi connectivity index (χ2v) is 9.16. The quantitative estimate of drug-likeness (QED) is 0.722. The van der Waals surface area contributed by atoms with Crippen LogP contribution in [0.1, 0.15) is 11.1 Å². The Labute approximate surface area is 162 Å². The van der Waals surface area contributed by atoms with Crippen molar-refractivity contribution in [2.45, 2.75) is 18.7 Å². The predicted octanol–water partition coefficient (Wildman–Crippen LogP) is 3.37. The van der Waals surface area contributed by atoms with E-state index in [0.29, 0.717) is 11.4 Å². The highest BCUT2D eigenvalue weighted by atomic mass is 79.9. The minimum atomic E-state index is -3.53. The number of anilines is 2. The third kappa shape index (κ3) is 4.84. The maximum Gasteiger partial charge on any atom is 0.243 e. The van der Waals surface area contributed by atoms with Crippen molar-refractivity contribution < 1.29 is 13.2 Å². The van der Waals surface area contributed by atoms with Gasteiger partial charge >= 0.3 is 0 Å². The fourth-order valence-corrected chi connectivity index (χ4v) is 3.78. The number of halogens is 1. The molecule has 0 aliphatic heterocycles. The van der Waals surface area contributed by atoms with Crippen LogP contribution in [0, 0.1) is 13.8 Å². The van der Waals surface area contributed by atoms with Crippen molar-refractivity contribution >= 4 is 43.2 Å². The molecule has 0 aliphatic rings. The Kier molecular flexibility index (Phi) is 6.44. The highest BCUT2D eigenvalue weighted by Crippen LogP contribution is 2.24. The number of nitrogens with one attached hydrogen (secondary N) is 2. The molecule has 26 heavy (non-hydrogen) atoms. The summed E-state index contributed by atoms with van der Waals surface area (Å²) in [5.41, 5.74) is 3.23. The van der Waals surface area contributed by atoms with Gasteiger partial charge in [-0.3, -0.25) is 4.79 Å². The van der Waals surface area contributed by atoms with Crippen molar-refractivity contribution in [3.8, 4) is 0 Å². The zero-order chi connectivity index (χ0) is 19.5. The van der Waals surface area contributed by atoms with Gasteiger partial charge in [0.2, 0.25) is 15.9 Å². The van der Waals surface area contributed by atoms with Crippen molar-refractivity contribution in [3.63, 3.8) is 0 Å². The van der Waals surface area contributed by atoms with E-state index in [4.69, 9.17) is 0 Å². The Balaban J connectivity index is 2.10. The zero-order valence-corrected chi connectivity index (χ0v) is 17.5. The van der Waals surface area contributed by atoms with E-state index in [1.165, 1.54) is 14.1 Å². The van der Waals surface area contributed by atoms with E-state index < -0.39 is 10.0 Å². The number of carbonyl (C=O) groups is 1. The van der Waals surface area contributed by atoms with Crippen LogP contribution in [0.25, 0.3) is 0 Å². The summed E-state index contributed by atoms with van der Waals surface area (Å²) < 4.78 is 26.5. The van der Waals surface area contributed by atoms with Gasteiger partial charge in [0, 0.05) is 24.3 Å². The molecule has 0 bridgehead atoms. The highest BCUT2D eigenvalue weighted by molar-refractivity contribution is 9.10. The Bertz CT molecular complexity index is 927. The second kappa shape index (κ2) is 8.20. The lowest BCUT2D eigenvalue weighted by Gasteiger charge is -2.15. The van der Waals surface area contributed by atoms with E-state index in [2.05, 4.69) is 26.6 Å². The van der Waals surface area contributed by atoms with Gasteiger partial charge in [-0.25, -0.2) is 12.7 Å². The van der Waals surface area contributed by atoms with Gasteiger partial charge < -0.3 is 10.6 Å². The van der Waals surface area contributed by atoms with E-state index in [0.717, 1.165) is 19.9 Å². The summed E-state index contributed by atoms with van der Waals surface area (Å²) in [6.07, 6.45) is 0. The molecule has 0 atom stereocenters. The lowest BCUT2D eigenvalue weighted by Crippen LogP contribution is -2.24. The molecule has 0 aliphatic carbocycles. The number of carbonyl (C=O) groups excluding carboxylic acids is 1. The van der Waals surface area contributed by atoms with Crippen LogP contribution >= 0.6 is 15.9 Å². The van der Waals surface area contributed by atoms with Crippen molar-refractivity contribution in [1.82, 2.24) is 4.31 Å². The van der Waals surface area contributed by atoms with Crippen LogP contribution < -0.4 is 10.6 Å². The number of aryl methyl sites for hydroxylation is 2. The van der Waals surface area contributed by atoms with Crippen LogP contribution in [0.5, 0.6) is 0 Å². The summed E-state index contributed by atoms with van der Waals surface area (Å²) in [7, 11) is -0.564. The minimum absolute atomic E-state index is 0.0205. The van der Waals surface area contributed by atoms with Crippen molar-refractivity contribution in [3.05, 3.63) is 52.0 Å². The van der Waals surface area contributed by atoms with Crippen molar-refractivity contribution in [1.29, 1.82) is 0 Å². The normalized spacial score (nSPS) is 11.5. The number of nitrogens with zero attached hydrogens (tertiary/aromatic N) is 1. The van der Waals surface area contributed by atoms with Gasteiger partial charge in [-0.2, -0.15) is 0 Å². The van der Waals surface area contributed by atoms with E-state index in [1.54, 1.807) is 18.2 Å². The van der Waals surface area contributed by atoms with Crippen LogP contribution in [0.15, 0.2) is 45.8 Å². The monoisotopic (exact) mass is 439 g/mol. The highest BCUT2D eigenvalue weighted by Gasteiger charge is 2.18. The number of sulfonamides is 1. The molecule has 0 aromatic heterocycles. The Hall–Kier alpha value is -1.90. The van der Waals surface area contributed by atoms with Crippen molar-refractivity contribution in [2.24, 2.45) is 0 Å². The SMILES string of the molecule is Cc1ccc(NC(=O)CNc2cc(S(=O)(=O)N(C)C)ccc2C)c(Br)c1. The maximum absolute atomic E-state index is 12.3. The Morgan fingerprint density at radius 3 is 2.38 bits per heavy atom. The molecular weight excluding hydrogens is 418 g/mol. The van der Waals surface area contributed by atoms with Gasteiger partial charge in [0.15, 0.2) is 0 Å². The fraction of sp³-hybridized carbons (Fsp3) is 0.278. The average Bonchev–Trinajstić information content (AvgIpc) is 2.56. The molecule has 2 aromatic rings. The summed E-state index contributed by atoms with van der Waals surface area (Å²) in [4.78, 5) is 12.4. The van der Waals surface area contributed by atoms with E-state index in [9.17, 15) is 13.2 Å². The molecule has 2 rings (SSSR count). The first-order valence-corrected chi connectivity index (χ1v) is 10.2. The molecule has 6 nitrogen and oxygen atoms in total. The lowest BCUT2D eigenvalue weighted by atomic mass is 10.2. The molecule has 2 aromatic carbocycles. The Morgan fingerprint density at radius 1 is 1.08 bits per heavy atom. The molecular formula is C18H22BrN3O3S. The summed E-state index contributed by atoms with van der Waals surface area (Å²) in [6, 6.07) is 10.5. The van der Waals surface area contributed by atoms with Crippen LogP contribution in [-0.2, 0) is 14.8 Å². The van der Waals surface area contributed by atoms with Crippen LogP contribution in [-0.4, -0.2) is 39.3 Å².